The van der Waals surface area contributed by atoms with Gasteiger partial charge in [0.25, 0.3) is 0 Å². The maximum absolute atomic E-state index is 11.9. The smallest absolute Gasteiger partial charge is 0.303 e. The second-order valence-corrected chi connectivity index (χ2v) is 5.73. The lowest BCUT2D eigenvalue weighted by Gasteiger charge is -2.19. The summed E-state index contributed by atoms with van der Waals surface area (Å²) in [5.74, 6) is -0.632. The van der Waals surface area contributed by atoms with Crippen molar-refractivity contribution in [2.24, 2.45) is 23.5 Å². The van der Waals surface area contributed by atoms with Crippen LogP contribution in [0.1, 0.15) is 33.1 Å². The van der Waals surface area contributed by atoms with Crippen LogP contribution in [-0.4, -0.2) is 29.6 Å². The van der Waals surface area contributed by atoms with Crippen LogP contribution in [0.25, 0.3) is 0 Å². The lowest BCUT2D eigenvalue weighted by molar-refractivity contribution is -0.138. The van der Waals surface area contributed by atoms with E-state index in [9.17, 15) is 9.59 Å². The molecule has 3 unspecified atom stereocenters. The Morgan fingerprint density at radius 1 is 1.42 bits per heavy atom. The molecule has 108 valence electrons. The third-order valence-electron chi connectivity index (χ3n) is 3.29. The van der Waals surface area contributed by atoms with E-state index in [-0.39, 0.29) is 30.2 Å². The average molecular weight is 268 g/mol. The number of hydrogen-bond acceptors (Lipinski definition) is 3. The van der Waals surface area contributed by atoms with Crippen molar-refractivity contribution in [2.45, 2.75) is 39.2 Å². The minimum absolute atomic E-state index is 0.0134. The molecule has 1 amide bonds. The molecule has 0 aromatic carbocycles. The summed E-state index contributed by atoms with van der Waals surface area (Å²) >= 11 is 0. The van der Waals surface area contributed by atoms with Gasteiger partial charge in [-0.1, -0.05) is 26.0 Å². The molecule has 0 radical (unpaired) electrons. The number of rotatable bonds is 7. The minimum atomic E-state index is -0.817. The Morgan fingerprint density at radius 3 is 2.58 bits per heavy atom. The molecule has 5 heteroatoms. The van der Waals surface area contributed by atoms with Crippen molar-refractivity contribution in [3.05, 3.63) is 12.2 Å². The third kappa shape index (κ3) is 5.87. The van der Waals surface area contributed by atoms with Crippen LogP contribution >= 0.6 is 0 Å². The first-order chi connectivity index (χ1) is 8.88. The summed E-state index contributed by atoms with van der Waals surface area (Å²) in [4.78, 5) is 22.7. The summed E-state index contributed by atoms with van der Waals surface area (Å²) < 4.78 is 0. The van der Waals surface area contributed by atoms with Gasteiger partial charge in [-0.3, -0.25) is 9.59 Å². The van der Waals surface area contributed by atoms with Gasteiger partial charge in [-0.05, 0) is 24.7 Å². The van der Waals surface area contributed by atoms with Crippen molar-refractivity contribution in [2.75, 3.05) is 6.54 Å². The van der Waals surface area contributed by atoms with E-state index in [2.05, 4.69) is 19.2 Å². The van der Waals surface area contributed by atoms with E-state index in [0.717, 1.165) is 6.42 Å². The number of aliphatic carboxylic acids is 1. The van der Waals surface area contributed by atoms with Crippen molar-refractivity contribution in [3.63, 3.8) is 0 Å². The zero-order chi connectivity index (χ0) is 14.4. The maximum atomic E-state index is 11.9. The van der Waals surface area contributed by atoms with Crippen LogP contribution < -0.4 is 11.1 Å². The summed E-state index contributed by atoms with van der Waals surface area (Å²) in [6.45, 7) is 4.52. The molecule has 1 aliphatic rings. The minimum Gasteiger partial charge on any atom is -0.481 e. The monoisotopic (exact) mass is 268 g/mol. The van der Waals surface area contributed by atoms with E-state index in [1.807, 2.05) is 12.2 Å². The van der Waals surface area contributed by atoms with Crippen LogP contribution in [-0.2, 0) is 9.59 Å². The number of nitrogens with two attached hydrogens (primary N) is 1. The first-order valence-corrected chi connectivity index (χ1v) is 6.82. The van der Waals surface area contributed by atoms with Crippen LogP contribution in [0.5, 0.6) is 0 Å². The number of carboxylic acids is 1. The average Bonchev–Trinajstić information content (AvgIpc) is 2.71. The largest absolute Gasteiger partial charge is 0.481 e. The summed E-state index contributed by atoms with van der Waals surface area (Å²) in [6, 6.07) is -0.0405. The number of nitrogens with one attached hydrogen (secondary N) is 1. The summed E-state index contributed by atoms with van der Waals surface area (Å²) in [5.41, 5.74) is 5.71. The maximum Gasteiger partial charge on any atom is 0.303 e. The predicted molar refractivity (Wildman–Crippen MR) is 73.4 cm³/mol. The molecule has 0 bridgehead atoms. The molecule has 19 heavy (non-hydrogen) atoms. The number of amides is 1. The van der Waals surface area contributed by atoms with Gasteiger partial charge < -0.3 is 16.2 Å². The first-order valence-electron chi connectivity index (χ1n) is 6.82. The molecule has 1 aliphatic carbocycles. The fourth-order valence-corrected chi connectivity index (χ4v) is 2.45. The molecule has 0 aromatic rings. The number of hydrogen-bond donors (Lipinski definition) is 3. The Labute approximate surface area is 114 Å². The standard InChI is InChI=1S/C14H24N2O3/c1-9(2)5-10(6-13(17)18)8-16-14(19)11-3-4-12(15)7-11/h3-4,9-12H,5-8,15H2,1-2H3,(H,16,19)(H,17,18). The normalized spacial score (nSPS) is 23.6. The molecule has 0 spiro atoms. The SMILES string of the molecule is CC(C)CC(CNC(=O)C1C=CC(N)C1)CC(=O)O. The number of carbonyl (C=O) groups is 2. The van der Waals surface area contributed by atoms with Crippen molar-refractivity contribution in [3.8, 4) is 0 Å². The summed E-state index contributed by atoms with van der Waals surface area (Å²) in [6.07, 6.45) is 5.20. The number of carboxylic acid groups (broad SMARTS) is 1. The van der Waals surface area contributed by atoms with Crippen molar-refractivity contribution in [1.29, 1.82) is 0 Å². The summed E-state index contributed by atoms with van der Waals surface area (Å²) in [5, 5.41) is 11.7. The van der Waals surface area contributed by atoms with Crippen molar-refractivity contribution < 1.29 is 14.7 Å². The molecule has 0 heterocycles. The second kappa shape index (κ2) is 7.28. The van der Waals surface area contributed by atoms with E-state index in [1.165, 1.54) is 0 Å². The van der Waals surface area contributed by atoms with E-state index < -0.39 is 5.97 Å². The highest BCUT2D eigenvalue weighted by atomic mass is 16.4. The second-order valence-electron chi connectivity index (χ2n) is 5.73. The third-order valence-corrected chi connectivity index (χ3v) is 3.29. The lowest BCUT2D eigenvalue weighted by atomic mass is 9.94. The van der Waals surface area contributed by atoms with Gasteiger partial charge in [-0.15, -0.1) is 0 Å². The molecule has 0 aliphatic heterocycles. The topological polar surface area (TPSA) is 92.4 Å². The fourth-order valence-electron chi connectivity index (χ4n) is 2.45. The van der Waals surface area contributed by atoms with Gasteiger partial charge in [-0.2, -0.15) is 0 Å². The molecule has 0 saturated heterocycles. The zero-order valence-corrected chi connectivity index (χ0v) is 11.6. The summed E-state index contributed by atoms with van der Waals surface area (Å²) in [7, 11) is 0. The molecule has 1 rings (SSSR count). The van der Waals surface area contributed by atoms with Gasteiger partial charge >= 0.3 is 5.97 Å². The highest BCUT2D eigenvalue weighted by molar-refractivity contribution is 5.81. The molecule has 0 aromatic heterocycles. The van der Waals surface area contributed by atoms with Gasteiger partial charge in [0.1, 0.15) is 0 Å². The Hall–Kier alpha value is -1.36. The molecule has 5 nitrogen and oxygen atoms in total. The van der Waals surface area contributed by atoms with Gasteiger partial charge in [0, 0.05) is 19.0 Å². The highest BCUT2D eigenvalue weighted by Gasteiger charge is 2.23. The molecule has 0 fully saturated rings. The molecule has 3 atom stereocenters. The van der Waals surface area contributed by atoms with Crippen LogP contribution in [0, 0.1) is 17.8 Å². The molecular formula is C14H24N2O3. The van der Waals surface area contributed by atoms with Crippen LogP contribution in [0.3, 0.4) is 0 Å². The van der Waals surface area contributed by atoms with Gasteiger partial charge in [0.05, 0.1) is 5.92 Å². The Kier molecular flexibility index (Phi) is 6.02. The van der Waals surface area contributed by atoms with E-state index >= 15 is 0 Å². The molecular weight excluding hydrogens is 244 g/mol. The van der Waals surface area contributed by atoms with E-state index in [1.54, 1.807) is 0 Å². The van der Waals surface area contributed by atoms with Crippen LogP contribution in [0.2, 0.25) is 0 Å². The lowest BCUT2D eigenvalue weighted by Crippen LogP contribution is -2.35. The fraction of sp³-hybridized carbons (Fsp3) is 0.714. The van der Waals surface area contributed by atoms with Crippen LogP contribution in [0.15, 0.2) is 12.2 Å². The quantitative estimate of drug-likeness (QED) is 0.604. The number of carbonyl (C=O) groups excluding carboxylic acids is 1. The Bertz CT molecular complexity index is 353. The van der Waals surface area contributed by atoms with E-state index in [4.69, 9.17) is 10.8 Å². The van der Waals surface area contributed by atoms with E-state index in [0.29, 0.717) is 18.9 Å². The molecule has 4 N–H and O–H groups in total. The van der Waals surface area contributed by atoms with Crippen molar-refractivity contribution >= 4 is 11.9 Å². The predicted octanol–water partition coefficient (Wildman–Crippen LogP) is 1.14. The van der Waals surface area contributed by atoms with Crippen molar-refractivity contribution in [1.82, 2.24) is 5.32 Å². The van der Waals surface area contributed by atoms with Gasteiger partial charge in [-0.25, -0.2) is 0 Å². The highest BCUT2D eigenvalue weighted by Crippen LogP contribution is 2.18. The molecule has 0 saturated carbocycles. The van der Waals surface area contributed by atoms with Crippen LogP contribution in [0.4, 0.5) is 0 Å². The zero-order valence-electron chi connectivity index (χ0n) is 11.6. The first kappa shape index (κ1) is 15.7. The van der Waals surface area contributed by atoms with Gasteiger partial charge in [0.2, 0.25) is 5.91 Å². The Balaban J connectivity index is 2.40. The Morgan fingerprint density at radius 2 is 2.11 bits per heavy atom. The van der Waals surface area contributed by atoms with Gasteiger partial charge in [0.15, 0.2) is 0 Å².